The molecule has 166 valence electrons. The van der Waals surface area contributed by atoms with Crippen LogP contribution in [0, 0.1) is 0 Å². The molecule has 0 spiro atoms. The van der Waals surface area contributed by atoms with Crippen LogP contribution in [0.4, 0.5) is 15.9 Å². The molecule has 1 aromatic carbocycles. The summed E-state index contributed by atoms with van der Waals surface area (Å²) in [4.78, 5) is 9.47. The summed E-state index contributed by atoms with van der Waals surface area (Å²) >= 11 is 3.52. The maximum Gasteiger partial charge on any atom is 0.171 e. The SMILES string of the molecule is CN1CCN(c2cccc(CNc3cc(C4C=CC=CC4F)nc4c(Br)cnn34)c2)CC1. The second-order valence-electron chi connectivity index (χ2n) is 8.35. The molecule has 1 aliphatic heterocycles. The van der Waals surface area contributed by atoms with Crippen molar-refractivity contribution >= 4 is 33.1 Å². The van der Waals surface area contributed by atoms with Crippen molar-refractivity contribution < 1.29 is 4.39 Å². The van der Waals surface area contributed by atoms with Crippen molar-refractivity contribution in [2.24, 2.45) is 0 Å². The molecule has 1 aliphatic carbocycles. The van der Waals surface area contributed by atoms with Crippen LogP contribution in [0.2, 0.25) is 0 Å². The maximum atomic E-state index is 14.5. The second kappa shape index (κ2) is 9.03. The molecule has 3 heterocycles. The molecule has 2 unspecified atom stereocenters. The van der Waals surface area contributed by atoms with Gasteiger partial charge in [-0.2, -0.15) is 9.61 Å². The van der Waals surface area contributed by atoms with Crippen LogP contribution in [-0.2, 0) is 6.54 Å². The Hall–Kier alpha value is -2.71. The zero-order valence-electron chi connectivity index (χ0n) is 18.0. The summed E-state index contributed by atoms with van der Waals surface area (Å²) in [6.45, 7) is 4.87. The van der Waals surface area contributed by atoms with Gasteiger partial charge in [-0.3, -0.25) is 0 Å². The van der Waals surface area contributed by atoms with Gasteiger partial charge in [0.2, 0.25) is 0 Å². The lowest BCUT2D eigenvalue weighted by Crippen LogP contribution is -2.44. The van der Waals surface area contributed by atoms with Crippen molar-refractivity contribution in [2.75, 3.05) is 43.4 Å². The molecule has 2 atom stereocenters. The first kappa shape index (κ1) is 21.2. The molecule has 0 bridgehead atoms. The number of nitrogens with zero attached hydrogens (tertiary/aromatic N) is 5. The molecule has 5 rings (SSSR count). The smallest absolute Gasteiger partial charge is 0.171 e. The molecule has 0 radical (unpaired) electrons. The standard InChI is InChI=1S/C24H26BrFN6/c1-30-9-11-31(12-10-30)18-6-4-5-17(13-18)15-27-23-14-22(19-7-2-3-8-21(19)26)29-24-20(25)16-28-32(23)24/h2-8,13-14,16,19,21,27H,9-12,15H2,1H3. The summed E-state index contributed by atoms with van der Waals surface area (Å²) < 4.78 is 17.1. The average molecular weight is 497 g/mol. The minimum absolute atomic E-state index is 0.409. The predicted octanol–water partition coefficient (Wildman–Crippen LogP) is 4.40. The van der Waals surface area contributed by atoms with E-state index >= 15 is 0 Å². The van der Waals surface area contributed by atoms with Crippen LogP contribution in [-0.4, -0.2) is 58.9 Å². The summed E-state index contributed by atoms with van der Waals surface area (Å²) in [6, 6.07) is 10.5. The topological polar surface area (TPSA) is 48.7 Å². The Bertz CT molecular complexity index is 1160. The summed E-state index contributed by atoms with van der Waals surface area (Å²) in [5.74, 6) is 0.378. The number of aromatic nitrogens is 3. The largest absolute Gasteiger partial charge is 0.369 e. The highest BCUT2D eigenvalue weighted by molar-refractivity contribution is 9.10. The number of halogens is 2. The maximum absolute atomic E-state index is 14.5. The molecule has 1 saturated heterocycles. The van der Waals surface area contributed by atoms with Gasteiger partial charge in [0, 0.05) is 44.5 Å². The monoisotopic (exact) mass is 496 g/mol. The quantitative estimate of drug-likeness (QED) is 0.567. The van der Waals surface area contributed by atoms with E-state index in [9.17, 15) is 4.39 Å². The van der Waals surface area contributed by atoms with Crippen LogP contribution < -0.4 is 10.2 Å². The van der Waals surface area contributed by atoms with Gasteiger partial charge in [-0.25, -0.2) is 9.37 Å². The van der Waals surface area contributed by atoms with Gasteiger partial charge in [-0.1, -0.05) is 30.4 Å². The van der Waals surface area contributed by atoms with Crippen molar-refractivity contribution in [1.29, 1.82) is 0 Å². The van der Waals surface area contributed by atoms with E-state index in [0.29, 0.717) is 17.9 Å². The highest BCUT2D eigenvalue weighted by Gasteiger charge is 2.23. The Balaban J connectivity index is 1.39. The van der Waals surface area contributed by atoms with Crippen LogP contribution >= 0.6 is 15.9 Å². The number of allylic oxidation sites excluding steroid dienone is 4. The molecule has 0 saturated carbocycles. The van der Waals surface area contributed by atoms with Crippen LogP contribution in [0.15, 0.2) is 65.3 Å². The minimum Gasteiger partial charge on any atom is -0.369 e. The van der Waals surface area contributed by atoms with Gasteiger partial charge in [0.1, 0.15) is 12.0 Å². The molecule has 1 fully saturated rings. The number of hydrogen-bond donors (Lipinski definition) is 1. The summed E-state index contributed by atoms with van der Waals surface area (Å²) in [6.07, 6.45) is 7.66. The summed E-state index contributed by atoms with van der Waals surface area (Å²) in [5, 5.41) is 7.94. The molecule has 3 aromatic rings. The van der Waals surface area contributed by atoms with Crippen LogP contribution in [0.1, 0.15) is 17.2 Å². The normalized spacial score (nSPS) is 21.4. The lowest BCUT2D eigenvalue weighted by molar-refractivity contribution is 0.313. The summed E-state index contributed by atoms with van der Waals surface area (Å²) in [5.41, 5.74) is 3.79. The fourth-order valence-corrected chi connectivity index (χ4v) is 4.56. The number of fused-ring (bicyclic) bond motifs is 1. The number of anilines is 2. The van der Waals surface area contributed by atoms with Crippen molar-refractivity contribution in [1.82, 2.24) is 19.5 Å². The zero-order valence-corrected chi connectivity index (χ0v) is 19.5. The highest BCUT2D eigenvalue weighted by Crippen LogP contribution is 2.30. The number of benzene rings is 1. The Morgan fingerprint density at radius 2 is 1.94 bits per heavy atom. The zero-order chi connectivity index (χ0) is 22.1. The van der Waals surface area contributed by atoms with E-state index in [2.05, 4.69) is 72.4 Å². The Morgan fingerprint density at radius 3 is 2.75 bits per heavy atom. The van der Waals surface area contributed by atoms with Gasteiger partial charge >= 0.3 is 0 Å². The number of piperazine rings is 1. The van der Waals surface area contributed by atoms with Crippen LogP contribution in [0.5, 0.6) is 0 Å². The van der Waals surface area contributed by atoms with E-state index in [-0.39, 0.29) is 0 Å². The highest BCUT2D eigenvalue weighted by atomic mass is 79.9. The first-order chi connectivity index (χ1) is 15.6. The Kier molecular flexibility index (Phi) is 5.97. The molecule has 8 heteroatoms. The predicted molar refractivity (Wildman–Crippen MR) is 130 cm³/mol. The Morgan fingerprint density at radius 1 is 1.12 bits per heavy atom. The van der Waals surface area contributed by atoms with Crippen molar-refractivity contribution in [3.05, 3.63) is 76.6 Å². The third-order valence-corrected chi connectivity index (χ3v) is 6.67. The van der Waals surface area contributed by atoms with Gasteiger partial charge in [-0.05, 0) is 46.7 Å². The first-order valence-corrected chi connectivity index (χ1v) is 11.7. The second-order valence-corrected chi connectivity index (χ2v) is 9.20. The van der Waals surface area contributed by atoms with Gasteiger partial charge < -0.3 is 15.1 Å². The van der Waals surface area contributed by atoms with E-state index in [4.69, 9.17) is 0 Å². The van der Waals surface area contributed by atoms with Crippen molar-refractivity contribution in [2.45, 2.75) is 18.6 Å². The van der Waals surface area contributed by atoms with Crippen molar-refractivity contribution in [3.63, 3.8) is 0 Å². The summed E-state index contributed by atoms with van der Waals surface area (Å²) in [7, 11) is 2.17. The Labute approximate surface area is 195 Å². The molecular formula is C24H26BrFN6. The minimum atomic E-state index is -1.09. The van der Waals surface area contributed by atoms with E-state index < -0.39 is 12.1 Å². The van der Waals surface area contributed by atoms with Gasteiger partial charge in [0.15, 0.2) is 5.65 Å². The fourth-order valence-electron chi connectivity index (χ4n) is 4.21. The van der Waals surface area contributed by atoms with Gasteiger partial charge in [0.25, 0.3) is 0 Å². The van der Waals surface area contributed by atoms with E-state index in [1.807, 2.05) is 18.2 Å². The molecule has 6 nitrogen and oxygen atoms in total. The molecule has 2 aliphatic rings. The number of hydrogen-bond acceptors (Lipinski definition) is 5. The molecule has 0 amide bonds. The van der Waals surface area contributed by atoms with E-state index in [1.165, 1.54) is 11.3 Å². The van der Waals surface area contributed by atoms with Crippen LogP contribution in [0.25, 0.3) is 5.65 Å². The van der Waals surface area contributed by atoms with E-state index in [1.54, 1.807) is 22.9 Å². The molecule has 1 N–H and O–H groups in total. The van der Waals surface area contributed by atoms with Gasteiger partial charge in [0.05, 0.1) is 22.3 Å². The fraction of sp³-hybridized carbons (Fsp3) is 0.333. The average Bonchev–Trinajstić information content (AvgIpc) is 3.19. The molecule has 2 aromatic heterocycles. The number of nitrogens with one attached hydrogen (secondary N) is 1. The van der Waals surface area contributed by atoms with E-state index in [0.717, 1.165) is 36.5 Å². The number of alkyl halides is 1. The number of rotatable bonds is 5. The number of likely N-dealkylation sites (N-methyl/N-ethyl adjacent to an activating group) is 1. The first-order valence-electron chi connectivity index (χ1n) is 10.9. The lowest BCUT2D eigenvalue weighted by atomic mass is 9.95. The molecule has 32 heavy (non-hydrogen) atoms. The van der Waals surface area contributed by atoms with Crippen molar-refractivity contribution in [3.8, 4) is 0 Å². The third kappa shape index (κ3) is 4.29. The third-order valence-electron chi connectivity index (χ3n) is 6.11. The molecular weight excluding hydrogens is 471 g/mol. The van der Waals surface area contributed by atoms with Gasteiger partial charge in [-0.15, -0.1) is 0 Å². The van der Waals surface area contributed by atoms with Crippen LogP contribution in [0.3, 0.4) is 0 Å². The lowest BCUT2D eigenvalue weighted by Gasteiger charge is -2.34.